The molecule has 1 saturated heterocycles. The highest BCUT2D eigenvalue weighted by atomic mass is 32.3. The van der Waals surface area contributed by atoms with Gasteiger partial charge in [0.2, 0.25) is 0 Å². The number of carbonyl (C=O) groups excluding carboxylic acids is 1. The van der Waals surface area contributed by atoms with Crippen LogP contribution in [0.25, 0.3) is 0 Å². The van der Waals surface area contributed by atoms with Crippen molar-refractivity contribution in [3.05, 3.63) is 29.8 Å². The molecule has 0 radical (unpaired) electrons. The zero-order valence-corrected chi connectivity index (χ0v) is 16.6. The van der Waals surface area contributed by atoms with E-state index in [9.17, 15) is 8.68 Å². The normalized spacial score (nSPS) is 22.3. The zero-order chi connectivity index (χ0) is 19.7. The fourth-order valence-electron chi connectivity index (χ4n) is 2.81. The molecule has 3 atom stereocenters. The van der Waals surface area contributed by atoms with Crippen molar-refractivity contribution in [3.63, 3.8) is 0 Å². The highest BCUT2D eigenvalue weighted by molar-refractivity contribution is 7.99. The van der Waals surface area contributed by atoms with Gasteiger partial charge in [-0.2, -0.15) is 0 Å². The lowest BCUT2D eigenvalue weighted by atomic mass is 10.2. The Hall–Kier alpha value is -1.36. The van der Waals surface area contributed by atoms with Gasteiger partial charge in [0.15, 0.2) is 6.04 Å². The highest BCUT2D eigenvalue weighted by Gasteiger charge is 2.40. The van der Waals surface area contributed by atoms with Crippen LogP contribution >= 0.6 is 11.8 Å². The number of rotatable bonds is 6. The third-order valence-electron chi connectivity index (χ3n) is 4.07. The van der Waals surface area contributed by atoms with Crippen LogP contribution < -0.4 is 9.64 Å². The highest BCUT2D eigenvalue weighted by Crippen LogP contribution is 2.24. The van der Waals surface area contributed by atoms with E-state index in [-0.39, 0.29) is 12.0 Å². The van der Waals surface area contributed by atoms with E-state index in [1.165, 1.54) is 17.6 Å². The molecule has 1 aliphatic rings. The SMILES string of the molecule is CC[NH+]1C[C@@H](SCc2ccc(OC)cc2)C[C@H]1C(=O)OC.O=S(=O)([O-])F. The number of esters is 1. The smallest absolute Gasteiger partial charge is 0.364 e. The maximum Gasteiger partial charge on any atom is 0.364 e. The van der Waals surface area contributed by atoms with Crippen molar-refractivity contribution in [1.82, 2.24) is 0 Å². The summed E-state index contributed by atoms with van der Waals surface area (Å²) in [6.07, 6.45) is 0.913. The zero-order valence-electron chi connectivity index (χ0n) is 14.9. The number of carbonyl (C=O) groups is 1. The lowest BCUT2D eigenvalue weighted by molar-refractivity contribution is -0.901. The molecule has 0 saturated carbocycles. The Balaban J connectivity index is 0.000000597. The second kappa shape index (κ2) is 10.7. The number of methoxy groups -OCH3 is 2. The summed E-state index contributed by atoms with van der Waals surface area (Å²) in [5.41, 5.74) is 1.29. The first-order valence-corrected chi connectivity index (χ1v) is 10.4. The molecule has 1 aromatic rings. The maximum absolute atomic E-state index is 11.8. The van der Waals surface area contributed by atoms with Crippen LogP contribution in [0.1, 0.15) is 18.9 Å². The minimum absolute atomic E-state index is 0.00775. The molecule has 1 fully saturated rings. The van der Waals surface area contributed by atoms with Gasteiger partial charge < -0.3 is 18.9 Å². The molecule has 10 heteroatoms. The Bertz CT molecular complexity index is 660. The first-order valence-electron chi connectivity index (χ1n) is 8.00. The molecule has 1 aliphatic heterocycles. The van der Waals surface area contributed by atoms with Crippen molar-refractivity contribution in [2.45, 2.75) is 30.4 Å². The number of nitrogens with one attached hydrogen (secondary N) is 1. The second-order valence-corrected chi connectivity index (χ2v) is 7.78. The predicted octanol–water partition coefficient (Wildman–Crippen LogP) is 0.563. The third kappa shape index (κ3) is 8.35. The molecule has 0 bridgehead atoms. The molecule has 2 rings (SSSR count). The number of likely N-dealkylation sites (tertiary alicyclic amines) is 1. The quantitative estimate of drug-likeness (QED) is 0.417. The number of hydrogen-bond donors (Lipinski definition) is 1. The monoisotopic (exact) mass is 409 g/mol. The summed E-state index contributed by atoms with van der Waals surface area (Å²) >= 11 is 1.93. The summed E-state index contributed by atoms with van der Waals surface area (Å²) in [7, 11) is -2.26. The Morgan fingerprint density at radius 1 is 1.35 bits per heavy atom. The van der Waals surface area contributed by atoms with E-state index in [0.717, 1.165) is 31.0 Å². The Kier molecular flexibility index (Phi) is 9.34. The Morgan fingerprint density at radius 2 is 1.92 bits per heavy atom. The van der Waals surface area contributed by atoms with Gasteiger partial charge in [-0.15, -0.1) is 15.6 Å². The number of quaternary nitrogens is 1. The summed E-state index contributed by atoms with van der Waals surface area (Å²) in [6.45, 7) is 4.14. The van der Waals surface area contributed by atoms with E-state index in [0.29, 0.717) is 5.25 Å². The maximum atomic E-state index is 11.8. The van der Waals surface area contributed by atoms with Crippen molar-refractivity contribution in [3.8, 4) is 5.75 Å². The molecule has 1 N–H and O–H groups in total. The van der Waals surface area contributed by atoms with Gasteiger partial charge in [-0.1, -0.05) is 12.1 Å². The third-order valence-corrected chi connectivity index (χ3v) is 5.40. The van der Waals surface area contributed by atoms with Crippen LogP contribution in [0.3, 0.4) is 0 Å². The molecule has 0 spiro atoms. The standard InChI is InChI=1S/C16H23NO3S.FHO3S/c1-4-17-10-14(9-15(17)16(18)20-3)21-11-12-5-7-13(19-2)8-6-12;1-5(2,3)4/h5-8,14-15H,4,9-11H2,1-3H3;(H,2,3,4)/t14-,15-;/m0./s1. The Morgan fingerprint density at radius 3 is 2.38 bits per heavy atom. The molecule has 148 valence electrons. The molecule has 0 amide bonds. The average Bonchev–Trinajstić information content (AvgIpc) is 3.01. The second-order valence-electron chi connectivity index (χ2n) is 5.70. The number of ether oxygens (including phenoxy) is 2. The number of benzene rings is 1. The summed E-state index contributed by atoms with van der Waals surface area (Å²) in [4.78, 5) is 13.1. The van der Waals surface area contributed by atoms with Crippen LogP contribution in [-0.2, 0) is 25.8 Å². The van der Waals surface area contributed by atoms with E-state index in [4.69, 9.17) is 22.4 Å². The molecule has 1 heterocycles. The van der Waals surface area contributed by atoms with Gasteiger partial charge in [-0.3, -0.25) is 0 Å². The number of thioether (sulfide) groups is 1. The molecular formula is C16H24FNO6S2. The lowest BCUT2D eigenvalue weighted by Gasteiger charge is -2.16. The molecule has 7 nitrogen and oxygen atoms in total. The molecular weight excluding hydrogens is 385 g/mol. The van der Waals surface area contributed by atoms with Crippen LogP contribution in [0, 0.1) is 0 Å². The van der Waals surface area contributed by atoms with Crippen LogP contribution in [0.4, 0.5) is 3.89 Å². The van der Waals surface area contributed by atoms with Gasteiger partial charge in [0.25, 0.3) is 10.5 Å². The molecule has 0 aliphatic carbocycles. The van der Waals surface area contributed by atoms with Crippen molar-refractivity contribution >= 4 is 28.2 Å². The molecule has 1 unspecified atom stereocenters. The summed E-state index contributed by atoms with van der Waals surface area (Å²) < 4.78 is 45.4. The van der Waals surface area contributed by atoms with Crippen LogP contribution in [0.15, 0.2) is 24.3 Å². The largest absolute Gasteiger partial charge is 0.722 e. The van der Waals surface area contributed by atoms with Crippen molar-refractivity contribution < 1.29 is 36.0 Å². The number of hydrogen-bond acceptors (Lipinski definition) is 7. The predicted molar refractivity (Wildman–Crippen MR) is 95.7 cm³/mol. The van der Waals surface area contributed by atoms with Gasteiger partial charge in [-0.25, -0.2) is 13.2 Å². The number of likely N-dealkylation sites (N-methyl/N-ethyl adjacent to an activating group) is 1. The van der Waals surface area contributed by atoms with Crippen LogP contribution in [0.5, 0.6) is 5.75 Å². The summed E-state index contributed by atoms with van der Waals surface area (Å²) in [6, 6.07) is 8.19. The lowest BCUT2D eigenvalue weighted by Crippen LogP contribution is -3.14. The Labute approximate surface area is 157 Å². The van der Waals surface area contributed by atoms with Gasteiger partial charge in [-0.05, 0) is 24.6 Å². The molecule has 0 aromatic heterocycles. The topological polar surface area (TPSA) is 97.2 Å². The van der Waals surface area contributed by atoms with E-state index in [2.05, 4.69) is 19.1 Å². The summed E-state index contributed by atoms with van der Waals surface area (Å²) in [5, 5.41) is 0.520. The molecule has 1 aromatic carbocycles. The fraction of sp³-hybridized carbons (Fsp3) is 0.562. The first-order chi connectivity index (χ1) is 12.2. The minimum atomic E-state index is -5.42. The van der Waals surface area contributed by atoms with E-state index < -0.39 is 10.5 Å². The average molecular weight is 410 g/mol. The van der Waals surface area contributed by atoms with Crippen molar-refractivity contribution in [1.29, 1.82) is 0 Å². The van der Waals surface area contributed by atoms with Gasteiger partial charge in [0.1, 0.15) is 5.75 Å². The van der Waals surface area contributed by atoms with Crippen molar-refractivity contribution in [2.75, 3.05) is 27.3 Å². The molecule has 26 heavy (non-hydrogen) atoms. The van der Waals surface area contributed by atoms with E-state index in [1.54, 1.807) is 7.11 Å². The van der Waals surface area contributed by atoms with Crippen LogP contribution in [0.2, 0.25) is 0 Å². The number of halogens is 1. The fourth-order valence-corrected chi connectivity index (χ4v) is 4.09. The van der Waals surface area contributed by atoms with Crippen LogP contribution in [-0.4, -0.2) is 57.5 Å². The van der Waals surface area contributed by atoms with Gasteiger partial charge in [0.05, 0.1) is 32.6 Å². The van der Waals surface area contributed by atoms with E-state index >= 15 is 0 Å². The van der Waals surface area contributed by atoms with Gasteiger partial charge >= 0.3 is 5.97 Å². The van der Waals surface area contributed by atoms with E-state index in [1.807, 2.05) is 23.9 Å². The minimum Gasteiger partial charge on any atom is -0.722 e. The summed E-state index contributed by atoms with van der Waals surface area (Å²) in [5.74, 6) is 1.79. The van der Waals surface area contributed by atoms with Crippen molar-refractivity contribution in [2.24, 2.45) is 0 Å². The first kappa shape index (κ1) is 22.7. The van der Waals surface area contributed by atoms with Gasteiger partial charge in [0, 0.05) is 12.2 Å².